The number of aromatic nitrogens is 4. The van der Waals surface area contributed by atoms with Crippen LogP contribution in [0.15, 0.2) is 29.9 Å². The van der Waals surface area contributed by atoms with Gasteiger partial charge in [-0.05, 0) is 25.2 Å². The van der Waals surface area contributed by atoms with Crippen molar-refractivity contribution in [2.45, 2.75) is 32.0 Å². The van der Waals surface area contributed by atoms with E-state index in [9.17, 15) is 4.79 Å². The van der Waals surface area contributed by atoms with Crippen molar-refractivity contribution < 1.29 is 4.79 Å². The highest BCUT2D eigenvalue weighted by Gasteiger charge is 2.10. The predicted octanol–water partition coefficient (Wildman–Crippen LogP) is 1.91. The van der Waals surface area contributed by atoms with E-state index in [-0.39, 0.29) is 5.91 Å². The summed E-state index contributed by atoms with van der Waals surface area (Å²) in [6.07, 6.45) is 6.27. The van der Waals surface area contributed by atoms with Crippen LogP contribution in [0.1, 0.15) is 29.5 Å². The van der Waals surface area contributed by atoms with Gasteiger partial charge in [0.1, 0.15) is 5.69 Å². The molecule has 0 saturated carbocycles. The molecule has 21 heavy (non-hydrogen) atoms. The first-order valence-electron chi connectivity index (χ1n) is 6.91. The van der Waals surface area contributed by atoms with Crippen molar-refractivity contribution in [1.82, 2.24) is 24.8 Å². The van der Waals surface area contributed by atoms with Crippen LogP contribution in [-0.2, 0) is 6.54 Å². The number of nitrogens with zero attached hydrogens (tertiary/aromatic N) is 4. The number of nitrogens with one attached hydrogen (secondary N) is 1. The minimum absolute atomic E-state index is 0.149. The third kappa shape index (κ3) is 4.86. The molecule has 1 N–H and O–H groups in total. The Hall–Kier alpha value is -1.89. The van der Waals surface area contributed by atoms with E-state index in [0.717, 1.165) is 24.4 Å². The molecule has 0 unspecified atom stereocenters. The molecular formula is C14H19N5OS. The van der Waals surface area contributed by atoms with Gasteiger partial charge in [-0.2, -0.15) is 0 Å². The van der Waals surface area contributed by atoms with E-state index in [1.54, 1.807) is 18.6 Å². The second-order valence-electron chi connectivity index (χ2n) is 4.52. The average molecular weight is 305 g/mol. The van der Waals surface area contributed by atoms with Crippen LogP contribution < -0.4 is 5.32 Å². The standard InChI is InChI=1S/C14H19N5OS/c1-3-21-14-17-11(2)9-12(18-14)13(20)16-5-4-7-19-8-6-15-10-19/h6,8-10H,3-5,7H2,1-2H3,(H,16,20). The molecule has 2 heterocycles. The van der Waals surface area contributed by atoms with Gasteiger partial charge in [0, 0.05) is 31.2 Å². The largest absolute Gasteiger partial charge is 0.351 e. The zero-order chi connectivity index (χ0) is 15.1. The minimum Gasteiger partial charge on any atom is -0.351 e. The van der Waals surface area contributed by atoms with Crippen LogP contribution in [0.5, 0.6) is 0 Å². The van der Waals surface area contributed by atoms with Gasteiger partial charge in [-0.25, -0.2) is 15.0 Å². The molecule has 2 rings (SSSR count). The van der Waals surface area contributed by atoms with E-state index in [1.165, 1.54) is 11.8 Å². The van der Waals surface area contributed by atoms with Gasteiger partial charge in [0.25, 0.3) is 5.91 Å². The summed E-state index contributed by atoms with van der Waals surface area (Å²) in [6.45, 7) is 5.35. The zero-order valence-corrected chi connectivity index (χ0v) is 13.1. The molecule has 1 amide bonds. The van der Waals surface area contributed by atoms with Crippen LogP contribution in [0.4, 0.5) is 0 Å². The van der Waals surface area contributed by atoms with E-state index >= 15 is 0 Å². The summed E-state index contributed by atoms with van der Waals surface area (Å²) >= 11 is 1.54. The Morgan fingerprint density at radius 3 is 3.00 bits per heavy atom. The molecular weight excluding hydrogens is 286 g/mol. The van der Waals surface area contributed by atoms with Crippen LogP contribution in [0.2, 0.25) is 0 Å². The molecule has 2 aromatic rings. The summed E-state index contributed by atoms with van der Waals surface area (Å²) in [4.78, 5) is 24.6. The summed E-state index contributed by atoms with van der Waals surface area (Å²) in [7, 11) is 0. The van der Waals surface area contributed by atoms with Crippen LogP contribution in [0.3, 0.4) is 0 Å². The molecule has 2 aromatic heterocycles. The molecule has 0 aliphatic heterocycles. The summed E-state index contributed by atoms with van der Waals surface area (Å²) in [5.74, 6) is 0.735. The molecule has 0 fully saturated rings. The SMILES string of the molecule is CCSc1nc(C)cc(C(=O)NCCCn2ccnc2)n1. The normalized spacial score (nSPS) is 10.6. The van der Waals surface area contributed by atoms with Crippen molar-refractivity contribution in [3.05, 3.63) is 36.2 Å². The number of carbonyl (C=O) groups excluding carboxylic acids is 1. The molecule has 0 aliphatic rings. The van der Waals surface area contributed by atoms with Crippen molar-refractivity contribution in [3.8, 4) is 0 Å². The number of carbonyl (C=O) groups is 1. The maximum Gasteiger partial charge on any atom is 0.270 e. The highest BCUT2D eigenvalue weighted by atomic mass is 32.2. The van der Waals surface area contributed by atoms with Crippen molar-refractivity contribution in [1.29, 1.82) is 0 Å². The average Bonchev–Trinajstić information content (AvgIpc) is 2.96. The summed E-state index contributed by atoms with van der Waals surface area (Å²) < 4.78 is 1.98. The molecule has 0 radical (unpaired) electrons. The lowest BCUT2D eigenvalue weighted by molar-refractivity contribution is 0.0946. The smallest absolute Gasteiger partial charge is 0.270 e. The molecule has 0 atom stereocenters. The number of amides is 1. The van der Waals surface area contributed by atoms with E-state index in [1.807, 2.05) is 24.6 Å². The van der Waals surface area contributed by atoms with E-state index < -0.39 is 0 Å². The quantitative estimate of drug-likeness (QED) is 0.480. The Morgan fingerprint density at radius 2 is 2.29 bits per heavy atom. The number of imidazole rings is 1. The van der Waals surface area contributed by atoms with Gasteiger partial charge >= 0.3 is 0 Å². The third-order valence-corrected chi connectivity index (χ3v) is 3.51. The maximum absolute atomic E-state index is 12.1. The molecule has 0 saturated heterocycles. The Bertz CT molecular complexity index is 585. The van der Waals surface area contributed by atoms with Gasteiger partial charge in [0.05, 0.1) is 6.33 Å². The van der Waals surface area contributed by atoms with E-state index in [4.69, 9.17) is 0 Å². The number of hydrogen-bond acceptors (Lipinski definition) is 5. The summed E-state index contributed by atoms with van der Waals surface area (Å²) in [6, 6.07) is 1.71. The van der Waals surface area contributed by atoms with Crippen molar-refractivity contribution in [2.24, 2.45) is 0 Å². The molecule has 7 heteroatoms. The van der Waals surface area contributed by atoms with Gasteiger partial charge < -0.3 is 9.88 Å². The summed E-state index contributed by atoms with van der Waals surface area (Å²) in [5.41, 5.74) is 1.24. The Kier molecular flexibility index (Phi) is 5.74. The Morgan fingerprint density at radius 1 is 1.43 bits per heavy atom. The highest BCUT2D eigenvalue weighted by Crippen LogP contribution is 2.13. The lowest BCUT2D eigenvalue weighted by Gasteiger charge is -2.07. The second kappa shape index (κ2) is 7.78. The number of hydrogen-bond donors (Lipinski definition) is 1. The van der Waals surface area contributed by atoms with Crippen molar-refractivity contribution in [2.75, 3.05) is 12.3 Å². The van der Waals surface area contributed by atoms with E-state index in [0.29, 0.717) is 17.4 Å². The molecule has 6 nitrogen and oxygen atoms in total. The molecule has 0 aromatic carbocycles. The fourth-order valence-electron chi connectivity index (χ4n) is 1.82. The first kappa shape index (κ1) is 15.5. The Labute approximate surface area is 128 Å². The number of thioether (sulfide) groups is 1. The minimum atomic E-state index is -0.149. The number of aryl methyl sites for hydroxylation is 2. The predicted molar refractivity (Wildman–Crippen MR) is 82.3 cm³/mol. The van der Waals surface area contributed by atoms with Gasteiger partial charge in [0.2, 0.25) is 0 Å². The topological polar surface area (TPSA) is 72.7 Å². The van der Waals surface area contributed by atoms with Crippen LogP contribution in [0.25, 0.3) is 0 Å². The summed E-state index contributed by atoms with van der Waals surface area (Å²) in [5, 5.41) is 3.54. The van der Waals surface area contributed by atoms with Crippen molar-refractivity contribution in [3.63, 3.8) is 0 Å². The van der Waals surface area contributed by atoms with Gasteiger partial charge in [0.15, 0.2) is 5.16 Å². The number of rotatable bonds is 7. The van der Waals surface area contributed by atoms with Gasteiger partial charge in [-0.15, -0.1) is 0 Å². The van der Waals surface area contributed by atoms with Crippen molar-refractivity contribution >= 4 is 17.7 Å². The van der Waals surface area contributed by atoms with Gasteiger partial charge in [-0.1, -0.05) is 18.7 Å². The molecule has 0 spiro atoms. The molecule has 112 valence electrons. The van der Waals surface area contributed by atoms with Crippen LogP contribution >= 0.6 is 11.8 Å². The second-order valence-corrected chi connectivity index (χ2v) is 5.75. The van der Waals surface area contributed by atoms with E-state index in [2.05, 4.69) is 20.3 Å². The first-order chi connectivity index (χ1) is 10.2. The molecule has 0 aliphatic carbocycles. The van der Waals surface area contributed by atoms with Crippen LogP contribution in [-0.4, -0.2) is 37.7 Å². The fourth-order valence-corrected chi connectivity index (χ4v) is 2.45. The Balaban J connectivity index is 1.85. The van der Waals surface area contributed by atoms with Gasteiger partial charge in [-0.3, -0.25) is 4.79 Å². The zero-order valence-electron chi connectivity index (χ0n) is 12.2. The third-order valence-electron chi connectivity index (χ3n) is 2.78. The monoisotopic (exact) mass is 305 g/mol. The lowest BCUT2D eigenvalue weighted by Crippen LogP contribution is -2.26. The molecule has 0 bridgehead atoms. The maximum atomic E-state index is 12.1. The highest BCUT2D eigenvalue weighted by molar-refractivity contribution is 7.99. The fraction of sp³-hybridized carbons (Fsp3) is 0.429. The first-order valence-corrected chi connectivity index (χ1v) is 7.90. The van der Waals surface area contributed by atoms with Crippen LogP contribution in [0, 0.1) is 6.92 Å². The lowest BCUT2D eigenvalue weighted by atomic mass is 10.3.